The van der Waals surface area contributed by atoms with Crippen LogP contribution < -0.4 is 42.0 Å². The third-order valence-corrected chi connectivity index (χ3v) is 12.0. The largest absolute Gasteiger partial charge is 0.439 e. The summed E-state index contributed by atoms with van der Waals surface area (Å²) in [5.41, 5.74) is 22.2. The number of pyridine rings is 3. The lowest BCUT2D eigenvalue weighted by atomic mass is 9.92. The van der Waals surface area contributed by atoms with Gasteiger partial charge in [-0.2, -0.15) is 0 Å². The van der Waals surface area contributed by atoms with Gasteiger partial charge in [0.15, 0.2) is 0 Å². The van der Waals surface area contributed by atoms with Crippen LogP contribution in [0.1, 0.15) is 113 Å². The number of benzene rings is 4. The first kappa shape index (κ1) is 56.3. The minimum absolute atomic E-state index is 0.340. The topological polar surface area (TPSA) is 223 Å². The Hall–Kier alpha value is -7.98. The summed E-state index contributed by atoms with van der Waals surface area (Å²) in [4.78, 5) is 48.6. The maximum atomic E-state index is 11.1. The molecule has 1 aliphatic rings. The average molecular weight is 1010 g/mol. The summed E-state index contributed by atoms with van der Waals surface area (Å²) < 4.78 is 17.0. The molecule has 1 unspecified atom stereocenters. The van der Waals surface area contributed by atoms with E-state index in [0.717, 1.165) is 69.8 Å². The van der Waals surface area contributed by atoms with E-state index in [9.17, 15) is 14.4 Å². The molecule has 4 aromatic carbocycles. The normalized spacial score (nSPS) is 13.2. The van der Waals surface area contributed by atoms with Gasteiger partial charge < -0.3 is 42.0 Å². The minimum atomic E-state index is -0.456. The summed E-state index contributed by atoms with van der Waals surface area (Å²) >= 11 is 0. The number of hydrogen-bond donors (Lipinski definition) is 5. The molecule has 1 aliphatic heterocycles. The van der Waals surface area contributed by atoms with Gasteiger partial charge in [0.2, 0.25) is 35.4 Å². The fraction of sp³-hybridized carbons (Fsp3) is 0.300. The van der Waals surface area contributed by atoms with Gasteiger partial charge in [-0.3, -0.25) is 19.3 Å². The second kappa shape index (κ2) is 28.5. The van der Waals surface area contributed by atoms with Crippen LogP contribution in [0.2, 0.25) is 0 Å². The zero-order valence-electron chi connectivity index (χ0n) is 43.7. The van der Waals surface area contributed by atoms with Crippen molar-refractivity contribution in [1.29, 1.82) is 0 Å². The Labute approximate surface area is 441 Å². The lowest BCUT2D eigenvalue weighted by molar-refractivity contribution is 0.0992. The zero-order valence-corrected chi connectivity index (χ0v) is 43.7. The van der Waals surface area contributed by atoms with Crippen molar-refractivity contribution in [2.75, 3.05) is 26.2 Å². The van der Waals surface area contributed by atoms with Gasteiger partial charge >= 0.3 is 0 Å². The van der Waals surface area contributed by atoms with Gasteiger partial charge in [0.1, 0.15) is 17.2 Å². The summed E-state index contributed by atoms with van der Waals surface area (Å²) in [6.45, 7) is 17.8. The van der Waals surface area contributed by atoms with Crippen LogP contribution in [0.3, 0.4) is 0 Å². The van der Waals surface area contributed by atoms with Crippen LogP contribution in [-0.4, -0.2) is 63.8 Å². The Bertz CT molecular complexity index is 2820. The van der Waals surface area contributed by atoms with Crippen LogP contribution in [0.4, 0.5) is 0 Å². The second-order valence-corrected chi connectivity index (χ2v) is 20.0. The summed E-state index contributed by atoms with van der Waals surface area (Å²) in [5, 5.41) is 6.81. The summed E-state index contributed by atoms with van der Waals surface area (Å²) in [7, 11) is 0. The van der Waals surface area contributed by atoms with E-state index in [-0.39, 0.29) is 0 Å². The number of carbonyl (C=O) groups excluding carboxylic acids is 3. The summed E-state index contributed by atoms with van der Waals surface area (Å²) in [6.07, 6.45) is 8.95. The maximum absolute atomic E-state index is 11.1. The standard InChI is InChI=1S/C23H23N3O2.C19H25N3O2.C18H23N3O2/c24-23(27)19-7-9-21(10-8-19)28-22-11-6-17(14-25-22)15-26-13-12-20(16-26)18-4-2-1-3-5-18;1-19(2,3)10-11-21-12-14-4-9-17(22-13-14)24-16-7-5-15(6-8-16)18(20)23;1-13(2)9-10-20-11-14-3-8-17(21-12-14)23-16-6-4-15(5-7-16)18(19)22/h1-11,14,20H,12-13,15-16H2,(H2,24,27);4-9,13,21H,10-12H2,1-3H3,(H2,20,23);3-8,12-13,20H,9-11H2,1-2H3,(H2,19,22). The Kier molecular flexibility index (Phi) is 21.4. The van der Waals surface area contributed by atoms with Crippen LogP contribution in [0, 0.1) is 11.3 Å². The van der Waals surface area contributed by atoms with Crippen molar-refractivity contribution < 1.29 is 28.6 Å². The maximum Gasteiger partial charge on any atom is 0.248 e. The SMILES string of the molecule is CC(C)(C)CCNCc1ccc(Oc2ccc(C(N)=O)cc2)nc1.CC(C)CCNCc1ccc(Oc2ccc(C(N)=O)cc2)nc1.NC(=O)c1ccc(Oc2ccc(CN3CCC(c4ccccc4)C3)cn2)cc1. The van der Waals surface area contributed by atoms with Gasteiger partial charge in [-0.05, 0) is 151 Å². The molecular weight excluding hydrogens is 943 g/mol. The van der Waals surface area contributed by atoms with Gasteiger partial charge in [0.05, 0.1) is 0 Å². The molecule has 3 amide bonds. The number of nitrogens with one attached hydrogen (secondary N) is 2. The van der Waals surface area contributed by atoms with Crippen molar-refractivity contribution in [3.63, 3.8) is 0 Å². The Balaban J connectivity index is 0.000000184. The molecule has 3 aromatic heterocycles. The first-order valence-electron chi connectivity index (χ1n) is 25.3. The van der Waals surface area contributed by atoms with Gasteiger partial charge in [0.25, 0.3) is 0 Å². The first-order valence-corrected chi connectivity index (χ1v) is 25.3. The Morgan fingerprint density at radius 1 is 0.573 bits per heavy atom. The van der Waals surface area contributed by atoms with E-state index in [1.807, 2.05) is 36.5 Å². The molecule has 0 bridgehead atoms. The van der Waals surface area contributed by atoms with E-state index in [0.29, 0.717) is 68.8 Å². The van der Waals surface area contributed by atoms with Crippen LogP contribution in [-0.2, 0) is 19.6 Å². The number of ether oxygens (including phenoxy) is 3. The molecule has 0 aliphatic carbocycles. The van der Waals surface area contributed by atoms with Crippen LogP contribution >= 0.6 is 0 Å². The lowest BCUT2D eigenvalue weighted by Crippen LogP contribution is -2.20. The van der Waals surface area contributed by atoms with E-state index >= 15 is 0 Å². The van der Waals surface area contributed by atoms with Crippen molar-refractivity contribution in [1.82, 2.24) is 30.5 Å². The lowest BCUT2D eigenvalue weighted by Gasteiger charge is -2.18. The number of amides is 3. The van der Waals surface area contributed by atoms with Gasteiger partial charge in [-0.25, -0.2) is 15.0 Å². The first-order chi connectivity index (χ1) is 36.0. The molecule has 15 nitrogen and oxygen atoms in total. The third-order valence-electron chi connectivity index (χ3n) is 12.0. The Morgan fingerprint density at radius 3 is 1.36 bits per heavy atom. The Morgan fingerprint density at radius 2 is 0.987 bits per heavy atom. The van der Waals surface area contributed by atoms with Crippen LogP contribution in [0.5, 0.6) is 34.9 Å². The molecule has 392 valence electrons. The molecule has 75 heavy (non-hydrogen) atoms. The molecule has 0 saturated carbocycles. The van der Waals surface area contributed by atoms with Crippen molar-refractivity contribution in [3.05, 3.63) is 197 Å². The number of hydrogen-bond acceptors (Lipinski definition) is 12. The molecule has 4 heterocycles. The number of nitrogens with zero attached hydrogens (tertiary/aromatic N) is 4. The highest BCUT2D eigenvalue weighted by Crippen LogP contribution is 2.29. The number of carbonyl (C=O) groups is 3. The molecular formula is C60H71N9O6. The quantitative estimate of drug-likeness (QED) is 0.0424. The summed E-state index contributed by atoms with van der Waals surface area (Å²) in [6, 6.07) is 42.3. The van der Waals surface area contributed by atoms with Gasteiger partial charge in [0, 0.05) is 79.7 Å². The fourth-order valence-corrected chi connectivity index (χ4v) is 7.69. The molecule has 0 spiro atoms. The third kappa shape index (κ3) is 20.1. The van der Waals surface area contributed by atoms with Crippen molar-refractivity contribution >= 4 is 17.7 Å². The number of aromatic nitrogens is 3. The molecule has 1 saturated heterocycles. The zero-order chi connectivity index (χ0) is 53.6. The smallest absolute Gasteiger partial charge is 0.248 e. The molecule has 1 fully saturated rings. The minimum Gasteiger partial charge on any atom is -0.439 e. The van der Waals surface area contributed by atoms with E-state index in [1.165, 1.54) is 17.5 Å². The van der Waals surface area contributed by atoms with Gasteiger partial charge in [-0.15, -0.1) is 0 Å². The van der Waals surface area contributed by atoms with Crippen LogP contribution in [0.15, 0.2) is 158 Å². The highest BCUT2D eigenvalue weighted by atomic mass is 16.5. The number of primary amides is 3. The van der Waals surface area contributed by atoms with E-state index in [4.69, 9.17) is 31.4 Å². The van der Waals surface area contributed by atoms with Crippen molar-refractivity contribution in [3.8, 4) is 34.9 Å². The molecule has 8 rings (SSSR count). The van der Waals surface area contributed by atoms with Crippen LogP contribution in [0.25, 0.3) is 0 Å². The predicted octanol–water partition coefficient (Wildman–Crippen LogP) is 10.6. The number of rotatable bonds is 21. The molecule has 15 heteroatoms. The molecule has 8 N–H and O–H groups in total. The van der Waals surface area contributed by atoms with E-state index < -0.39 is 17.7 Å². The monoisotopic (exact) mass is 1010 g/mol. The molecule has 0 radical (unpaired) electrons. The molecule has 1 atom stereocenters. The number of nitrogens with two attached hydrogens (primary N) is 3. The number of likely N-dealkylation sites (tertiary alicyclic amines) is 1. The fourth-order valence-electron chi connectivity index (χ4n) is 7.69. The van der Waals surface area contributed by atoms with Gasteiger partial charge in [-0.1, -0.05) is 83.1 Å². The van der Waals surface area contributed by atoms with E-state index in [2.05, 4.69) is 102 Å². The highest BCUT2D eigenvalue weighted by molar-refractivity contribution is 5.93. The van der Waals surface area contributed by atoms with Crippen molar-refractivity contribution in [2.24, 2.45) is 28.5 Å². The average Bonchev–Trinajstić information content (AvgIpc) is 3.87. The molecule has 7 aromatic rings. The van der Waals surface area contributed by atoms with Crippen molar-refractivity contribution in [2.45, 2.75) is 79.4 Å². The predicted molar refractivity (Wildman–Crippen MR) is 294 cm³/mol. The summed E-state index contributed by atoms with van der Waals surface area (Å²) in [5.74, 6) is 3.36. The highest BCUT2D eigenvalue weighted by Gasteiger charge is 2.23. The van der Waals surface area contributed by atoms with E-state index in [1.54, 1.807) is 85.2 Å². The second-order valence-electron chi connectivity index (χ2n) is 20.0.